The van der Waals surface area contributed by atoms with E-state index in [4.69, 9.17) is 9.47 Å². The molecule has 7 atom stereocenters. The number of esters is 1. The van der Waals surface area contributed by atoms with Crippen LogP contribution in [0.15, 0.2) is 29.6 Å². The van der Waals surface area contributed by atoms with Crippen LogP contribution in [0.2, 0.25) is 0 Å². The van der Waals surface area contributed by atoms with Gasteiger partial charge in [-0.2, -0.15) is 0 Å². The molecule has 2 aromatic rings. The number of nitrogens with zero attached hydrogens (tertiary/aromatic N) is 3. The Bertz CT molecular complexity index is 1620. The lowest BCUT2D eigenvalue weighted by atomic mass is 9.92. The number of carbonyl (C=O) groups excluding carboxylic acids is 4. The highest BCUT2D eigenvalue weighted by atomic mass is 32.1. The highest BCUT2D eigenvalue weighted by Crippen LogP contribution is 2.32. The van der Waals surface area contributed by atoms with Gasteiger partial charge in [-0.15, -0.1) is 11.3 Å². The van der Waals surface area contributed by atoms with Crippen molar-refractivity contribution in [2.24, 2.45) is 23.7 Å². The highest BCUT2D eigenvalue weighted by Gasteiger charge is 2.39. The Morgan fingerprint density at radius 2 is 1.72 bits per heavy atom. The molecule has 1 aliphatic rings. The zero-order valence-corrected chi connectivity index (χ0v) is 35.9. The van der Waals surface area contributed by atoms with Crippen molar-refractivity contribution >= 4 is 41.0 Å². The van der Waals surface area contributed by atoms with Crippen molar-refractivity contribution in [1.82, 2.24) is 25.4 Å². The van der Waals surface area contributed by atoms with Crippen LogP contribution in [0.3, 0.4) is 0 Å². The molecule has 0 saturated carbocycles. The number of piperidine rings is 1. The number of rotatable bonds is 22. The van der Waals surface area contributed by atoms with E-state index in [9.17, 15) is 33.5 Å². The number of likely N-dealkylation sites (N-methyl/N-ethyl adjacent to an activating group) is 1. The first-order chi connectivity index (χ1) is 26.9. The van der Waals surface area contributed by atoms with Crippen LogP contribution in [0.4, 0.5) is 4.39 Å². The first-order valence-electron chi connectivity index (χ1n) is 20.2. The van der Waals surface area contributed by atoms with E-state index < -0.39 is 53.8 Å². The van der Waals surface area contributed by atoms with E-state index >= 15 is 0 Å². The minimum atomic E-state index is -1.01. The molecule has 0 radical (unpaired) electrons. The van der Waals surface area contributed by atoms with E-state index in [1.54, 1.807) is 29.3 Å². The van der Waals surface area contributed by atoms with Gasteiger partial charge in [0.1, 0.15) is 29.3 Å². The predicted octanol–water partition coefficient (Wildman–Crippen LogP) is 6.23. The summed E-state index contributed by atoms with van der Waals surface area (Å²) in [6, 6.07) is 3.51. The van der Waals surface area contributed by atoms with Gasteiger partial charge in [-0.05, 0) is 74.7 Å². The summed E-state index contributed by atoms with van der Waals surface area (Å²) in [5.74, 6) is -3.90. The molecule has 0 spiro atoms. The number of carbonyl (C=O) groups is 5. The van der Waals surface area contributed by atoms with Gasteiger partial charge in [0.15, 0.2) is 6.10 Å². The summed E-state index contributed by atoms with van der Waals surface area (Å²) in [7, 11) is 1.93. The highest BCUT2D eigenvalue weighted by molar-refractivity contribution is 7.09. The molecule has 1 fully saturated rings. The summed E-state index contributed by atoms with van der Waals surface area (Å²) in [6.45, 7) is 15.9. The number of nitrogens with one attached hydrogen (secondary N) is 2. The molecule has 1 saturated heterocycles. The summed E-state index contributed by atoms with van der Waals surface area (Å²) < 4.78 is 25.5. The van der Waals surface area contributed by atoms with Crippen molar-refractivity contribution in [1.29, 1.82) is 0 Å². The predicted molar refractivity (Wildman–Crippen MR) is 217 cm³/mol. The van der Waals surface area contributed by atoms with E-state index in [1.807, 2.05) is 53.5 Å². The average Bonchev–Trinajstić information content (AvgIpc) is 3.65. The molecule has 1 aliphatic heterocycles. The monoisotopic (exact) mass is 817 g/mol. The van der Waals surface area contributed by atoms with Gasteiger partial charge in [0.25, 0.3) is 5.91 Å². The average molecular weight is 818 g/mol. The Kier molecular flexibility index (Phi) is 19.0. The van der Waals surface area contributed by atoms with E-state index in [0.717, 1.165) is 36.3 Å². The fourth-order valence-electron chi connectivity index (χ4n) is 7.03. The van der Waals surface area contributed by atoms with Crippen molar-refractivity contribution in [3.63, 3.8) is 0 Å². The van der Waals surface area contributed by atoms with Crippen LogP contribution in [0.5, 0.6) is 0 Å². The Morgan fingerprint density at radius 1 is 1.04 bits per heavy atom. The van der Waals surface area contributed by atoms with Gasteiger partial charge in [-0.1, -0.05) is 73.4 Å². The lowest BCUT2D eigenvalue weighted by Crippen LogP contribution is -2.59. The van der Waals surface area contributed by atoms with Crippen LogP contribution in [0.1, 0.15) is 121 Å². The van der Waals surface area contributed by atoms with Gasteiger partial charge < -0.3 is 30.1 Å². The molecule has 1 aromatic heterocycles. The number of aromatic nitrogens is 1. The minimum absolute atomic E-state index is 0.0471. The van der Waals surface area contributed by atoms with Crippen LogP contribution in [-0.2, 0) is 35.1 Å². The lowest BCUT2D eigenvalue weighted by molar-refractivity contribution is -0.153. The molecule has 0 aliphatic carbocycles. The molecule has 0 bridgehead atoms. The van der Waals surface area contributed by atoms with Crippen LogP contribution >= 0.6 is 11.3 Å². The van der Waals surface area contributed by atoms with E-state index in [0.29, 0.717) is 24.5 Å². The Hall–Kier alpha value is -3.95. The Balaban J connectivity index is 1.93. The van der Waals surface area contributed by atoms with Crippen LogP contribution in [-0.4, -0.2) is 101 Å². The number of carboxylic acid groups (broad SMARTS) is 1. The second-order valence-electron chi connectivity index (χ2n) is 16.3. The van der Waals surface area contributed by atoms with E-state index in [1.165, 1.54) is 19.1 Å². The van der Waals surface area contributed by atoms with Crippen molar-refractivity contribution in [3.8, 4) is 0 Å². The lowest BCUT2D eigenvalue weighted by Gasteiger charge is -2.40. The molecule has 318 valence electrons. The third-order valence-electron chi connectivity index (χ3n) is 10.6. The van der Waals surface area contributed by atoms with E-state index in [-0.39, 0.29) is 67.3 Å². The minimum Gasteiger partial charge on any atom is -0.481 e. The smallest absolute Gasteiger partial charge is 0.306 e. The SMILES string of the molecule is CC[C@H](C)C(NC(=O)C1CCCCN1C)C(=O)N(COCC(C)C)[C@H](C[C@@H](OC(C)=O)c1nc(C(=O)N[C@@H](Cc2ccc(F)cc2)C[C@H](C)C(=O)O)cs1)C(C)C. The number of carboxylic acids is 1. The standard InChI is InChI=1S/C42H64FN5O8S/c1-10-27(6)37(46-39(51)34-13-11-12-18-47(34)9)41(52)48(24-55-22-25(2)3)35(26(4)5)21-36(56-29(8)49)40-45-33(23-57-40)38(50)44-32(19-28(7)42(53)54)20-30-14-16-31(43)17-15-30/h14-17,23,25-28,32,34-37H,10-13,18-22,24H2,1-9H3,(H,44,50)(H,46,51)(H,53,54)/t27-,28-,32+,34?,35+,36+,37?/m0/s1. The summed E-state index contributed by atoms with van der Waals surface area (Å²) >= 11 is 1.13. The van der Waals surface area contributed by atoms with Gasteiger partial charge in [0, 0.05) is 30.8 Å². The molecule has 57 heavy (non-hydrogen) atoms. The normalized spacial score (nSPS) is 17.9. The fraction of sp³-hybridized carbons (Fsp3) is 0.667. The Labute approximate surface area is 341 Å². The maximum atomic E-state index is 14.8. The maximum absolute atomic E-state index is 14.8. The van der Waals surface area contributed by atoms with Crippen molar-refractivity contribution in [3.05, 3.63) is 51.7 Å². The van der Waals surface area contributed by atoms with Gasteiger partial charge in [0.05, 0.1) is 18.6 Å². The second kappa shape index (κ2) is 22.8. The molecule has 13 nitrogen and oxygen atoms in total. The van der Waals surface area contributed by atoms with E-state index in [2.05, 4.69) is 15.6 Å². The van der Waals surface area contributed by atoms with Gasteiger partial charge >= 0.3 is 11.9 Å². The summed E-state index contributed by atoms with van der Waals surface area (Å²) in [6.07, 6.45) is 2.91. The first-order valence-corrected chi connectivity index (χ1v) is 21.1. The molecule has 1 aromatic carbocycles. The number of aliphatic carboxylic acids is 1. The first kappa shape index (κ1) is 47.4. The number of thiazole rings is 1. The molecular formula is C42H64FN5O8S. The van der Waals surface area contributed by atoms with Crippen molar-refractivity contribution in [2.75, 3.05) is 26.9 Å². The number of hydrogen-bond donors (Lipinski definition) is 3. The Morgan fingerprint density at radius 3 is 2.30 bits per heavy atom. The van der Waals surface area contributed by atoms with Gasteiger partial charge in [-0.3, -0.25) is 28.9 Å². The van der Waals surface area contributed by atoms with Gasteiger partial charge in [-0.25, -0.2) is 9.37 Å². The summed E-state index contributed by atoms with van der Waals surface area (Å²) in [5, 5.41) is 17.5. The maximum Gasteiger partial charge on any atom is 0.306 e. The van der Waals surface area contributed by atoms with Gasteiger partial charge in [0.2, 0.25) is 11.8 Å². The third kappa shape index (κ3) is 14.7. The van der Waals surface area contributed by atoms with Crippen molar-refractivity contribution in [2.45, 2.75) is 131 Å². The number of ether oxygens (including phenoxy) is 2. The molecule has 3 N–H and O–H groups in total. The molecule has 15 heteroatoms. The van der Waals surface area contributed by atoms with Crippen LogP contribution in [0, 0.1) is 29.5 Å². The molecule has 3 rings (SSSR count). The molecule has 2 heterocycles. The number of benzene rings is 1. The molecular weight excluding hydrogens is 754 g/mol. The topological polar surface area (TPSA) is 167 Å². The quantitative estimate of drug-likeness (QED) is 0.0916. The van der Waals surface area contributed by atoms with Crippen LogP contribution < -0.4 is 10.6 Å². The van der Waals surface area contributed by atoms with Crippen molar-refractivity contribution < 1.29 is 42.9 Å². The summed E-state index contributed by atoms with van der Waals surface area (Å²) in [4.78, 5) is 74.6. The number of halogens is 1. The zero-order valence-electron chi connectivity index (χ0n) is 35.1. The zero-order chi connectivity index (χ0) is 42.4. The van der Waals surface area contributed by atoms with Crippen LogP contribution in [0.25, 0.3) is 0 Å². The fourth-order valence-corrected chi connectivity index (χ4v) is 7.87. The largest absolute Gasteiger partial charge is 0.481 e. The summed E-state index contributed by atoms with van der Waals surface area (Å²) in [5.41, 5.74) is 0.779. The third-order valence-corrected chi connectivity index (χ3v) is 11.5. The second-order valence-corrected chi connectivity index (χ2v) is 17.1. The number of likely N-dealkylation sites (tertiary alicyclic amines) is 1. The number of hydrogen-bond acceptors (Lipinski definition) is 10. The number of amides is 3. The molecule has 3 amide bonds. The molecule has 2 unspecified atom stereocenters.